The summed E-state index contributed by atoms with van der Waals surface area (Å²) in [6.45, 7) is 3.93. The highest BCUT2D eigenvalue weighted by molar-refractivity contribution is 5.85. The minimum absolute atomic E-state index is 0.290. The summed E-state index contributed by atoms with van der Waals surface area (Å²) in [6.07, 6.45) is 6.46. The van der Waals surface area contributed by atoms with Crippen LogP contribution in [0.2, 0.25) is 0 Å². The zero-order valence-electron chi connectivity index (χ0n) is 31.7. The Bertz CT molecular complexity index is 1830. The topological polar surface area (TPSA) is 127 Å². The predicted molar refractivity (Wildman–Crippen MR) is 210 cm³/mol. The number of aliphatic carboxylic acids is 2. The number of hydrogen-bond donors (Lipinski definition) is 2. The van der Waals surface area contributed by atoms with Crippen LogP contribution in [0.4, 0.5) is 0 Å². The molecular weight excluding hydrogens is 693 g/mol. The molecule has 0 bridgehead atoms. The van der Waals surface area contributed by atoms with Gasteiger partial charge in [-0.2, -0.15) is 0 Å². The van der Waals surface area contributed by atoms with Crippen molar-refractivity contribution in [3.63, 3.8) is 0 Å². The van der Waals surface area contributed by atoms with Crippen molar-refractivity contribution >= 4 is 23.9 Å². The first-order chi connectivity index (χ1) is 26.7. The van der Waals surface area contributed by atoms with Crippen molar-refractivity contribution < 1.29 is 38.9 Å². The Labute approximate surface area is 323 Å². The fourth-order valence-corrected chi connectivity index (χ4v) is 9.01. The summed E-state index contributed by atoms with van der Waals surface area (Å²) in [5.41, 5.74) is 4.55. The van der Waals surface area contributed by atoms with Gasteiger partial charge in [-0.3, -0.25) is 19.2 Å². The Morgan fingerprint density at radius 3 is 1.29 bits per heavy atom. The van der Waals surface area contributed by atoms with Gasteiger partial charge in [0.05, 0.1) is 36.4 Å². The van der Waals surface area contributed by atoms with Gasteiger partial charge in [0.1, 0.15) is 0 Å². The van der Waals surface area contributed by atoms with E-state index in [1.54, 1.807) is 0 Å². The summed E-state index contributed by atoms with van der Waals surface area (Å²) in [7, 11) is 0. The van der Waals surface area contributed by atoms with Crippen molar-refractivity contribution in [2.45, 2.75) is 88.6 Å². The maximum atomic E-state index is 13.5. The van der Waals surface area contributed by atoms with E-state index in [9.17, 15) is 29.4 Å². The molecular formula is C47H52O8. The second-order valence-corrected chi connectivity index (χ2v) is 15.4. The number of benzene rings is 4. The third-order valence-electron chi connectivity index (χ3n) is 11.6. The Balaban J connectivity index is 0.951. The van der Waals surface area contributed by atoms with Gasteiger partial charge in [-0.1, -0.05) is 141 Å². The second kappa shape index (κ2) is 18.4. The zero-order chi connectivity index (χ0) is 38.9. The second-order valence-electron chi connectivity index (χ2n) is 15.4. The largest absolute Gasteiger partial charge is 0.481 e. The van der Waals surface area contributed by atoms with Gasteiger partial charge >= 0.3 is 23.9 Å². The lowest BCUT2D eigenvalue weighted by molar-refractivity contribution is -0.167. The van der Waals surface area contributed by atoms with Crippen LogP contribution >= 0.6 is 0 Å². The van der Waals surface area contributed by atoms with Crippen LogP contribution in [0.5, 0.6) is 0 Å². The Morgan fingerprint density at radius 1 is 0.491 bits per heavy atom. The van der Waals surface area contributed by atoms with Gasteiger partial charge in [0.25, 0.3) is 0 Å². The number of aryl methyl sites for hydroxylation is 1. The van der Waals surface area contributed by atoms with Gasteiger partial charge in [-0.05, 0) is 60.9 Å². The molecule has 0 aliphatic heterocycles. The predicted octanol–water partition coefficient (Wildman–Crippen LogP) is 9.16. The van der Waals surface area contributed by atoms with Crippen molar-refractivity contribution in [2.24, 2.45) is 23.7 Å². The van der Waals surface area contributed by atoms with E-state index < -0.39 is 59.3 Å². The lowest BCUT2D eigenvalue weighted by atomic mass is 9.52. The number of unbranched alkanes of at least 4 members (excludes halogenated alkanes) is 5. The lowest BCUT2D eigenvalue weighted by Crippen LogP contribution is -2.51. The lowest BCUT2D eigenvalue weighted by Gasteiger charge is -2.49. The SMILES string of the molecule is CC(C)OC(=O)[C@@H]1[C@H](c2ccccc2)[C@H](C(=O)O)[C@H]1c1ccc(CCCCCCCCOC(=O)C2[C@H](c3ccccc3)C(C(=O)O)[C@H]2c2ccccc2)cc1. The van der Waals surface area contributed by atoms with Crippen LogP contribution in [0, 0.1) is 23.7 Å². The maximum Gasteiger partial charge on any atom is 0.310 e. The molecule has 2 aliphatic rings. The number of carbonyl (C=O) groups is 4. The summed E-state index contributed by atoms with van der Waals surface area (Å²) in [6, 6.07) is 36.3. The number of carboxylic acids is 2. The number of esters is 2. The average Bonchev–Trinajstić information content (AvgIpc) is 3.14. The van der Waals surface area contributed by atoms with E-state index in [2.05, 4.69) is 12.1 Å². The van der Waals surface area contributed by atoms with Crippen LogP contribution in [-0.2, 0) is 35.1 Å². The molecule has 0 aromatic heterocycles. The molecule has 55 heavy (non-hydrogen) atoms. The first-order valence-electron chi connectivity index (χ1n) is 19.7. The van der Waals surface area contributed by atoms with Gasteiger partial charge in [0.2, 0.25) is 0 Å². The summed E-state index contributed by atoms with van der Waals surface area (Å²) in [4.78, 5) is 51.7. The van der Waals surface area contributed by atoms with Crippen LogP contribution in [0.15, 0.2) is 115 Å². The van der Waals surface area contributed by atoms with Gasteiger partial charge in [-0.15, -0.1) is 0 Å². The molecule has 4 aromatic rings. The van der Waals surface area contributed by atoms with Crippen molar-refractivity contribution in [3.8, 4) is 0 Å². The summed E-state index contributed by atoms with van der Waals surface area (Å²) >= 11 is 0. The fourth-order valence-electron chi connectivity index (χ4n) is 9.01. The normalized spacial score (nSPS) is 24.3. The Morgan fingerprint density at radius 2 is 0.873 bits per heavy atom. The highest BCUT2D eigenvalue weighted by Crippen LogP contribution is 2.59. The first kappa shape index (κ1) is 39.5. The number of hydrogen-bond acceptors (Lipinski definition) is 6. The minimum atomic E-state index is -0.907. The van der Waals surface area contributed by atoms with Crippen molar-refractivity contribution in [1.82, 2.24) is 0 Å². The molecule has 0 unspecified atom stereocenters. The zero-order valence-corrected chi connectivity index (χ0v) is 31.7. The third-order valence-corrected chi connectivity index (χ3v) is 11.6. The van der Waals surface area contributed by atoms with Crippen LogP contribution < -0.4 is 0 Å². The van der Waals surface area contributed by atoms with Crippen LogP contribution in [-0.4, -0.2) is 46.8 Å². The monoisotopic (exact) mass is 744 g/mol. The molecule has 0 saturated heterocycles. The molecule has 4 aromatic carbocycles. The molecule has 8 nitrogen and oxygen atoms in total. The third kappa shape index (κ3) is 9.01. The number of rotatable bonds is 18. The quantitative estimate of drug-likeness (QED) is 0.0763. The Hall–Kier alpha value is -5.24. The van der Waals surface area contributed by atoms with Crippen molar-refractivity contribution in [1.29, 1.82) is 0 Å². The first-order valence-corrected chi connectivity index (χ1v) is 19.7. The number of carbonyl (C=O) groups excluding carboxylic acids is 2. The molecule has 288 valence electrons. The number of carboxylic acid groups (broad SMARTS) is 2. The maximum absolute atomic E-state index is 13.5. The highest BCUT2D eigenvalue weighted by Gasteiger charge is 2.60. The Kier molecular flexibility index (Phi) is 13.2. The minimum Gasteiger partial charge on any atom is -0.481 e. The summed E-state index contributed by atoms with van der Waals surface area (Å²) in [5.74, 6) is -6.83. The van der Waals surface area contributed by atoms with Crippen LogP contribution in [0.3, 0.4) is 0 Å². The molecule has 2 aliphatic carbocycles. The van der Waals surface area contributed by atoms with Gasteiger partial charge < -0.3 is 19.7 Å². The van der Waals surface area contributed by atoms with Crippen LogP contribution in [0.25, 0.3) is 0 Å². The molecule has 6 rings (SSSR count). The molecule has 2 saturated carbocycles. The molecule has 0 heterocycles. The van der Waals surface area contributed by atoms with Gasteiger partial charge in [0, 0.05) is 23.7 Å². The standard InChI is InChI=1S/C47H52O8/c1-30(2)55-47(53)43-38(34-23-15-9-16-24-34)41(45(50)51)39(43)35-27-25-31(26-28-35)18-10-5-3-4-6-17-29-54-46(52)42-36(32-19-11-7-12-20-32)40(44(48)49)37(42)33-21-13-8-14-22-33/h7-9,11-16,19-28,30,36-43H,3-6,10,17-18,29H2,1-2H3,(H,48,49)(H,50,51)/t36-,37-,38-,39-,40?,41+,42?,43-/m1/s1. The molecule has 6 atom stereocenters. The molecule has 0 amide bonds. The molecule has 2 N–H and O–H groups in total. The van der Waals surface area contributed by atoms with E-state index in [1.807, 2.05) is 117 Å². The highest BCUT2D eigenvalue weighted by atomic mass is 16.5. The van der Waals surface area contributed by atoms with Crippen LogP contribution in [0.1, 0.15) is 104 Å². The van der Waals surface area contributed by atoms with E-state index in [0.717, 1.165) is 67.2 Å². The average molecular weight is 745 g/mol. The fraction of sp³-hybridized carbons (Fsp3) is 0.404. The molecule has 2 fully saturated rings. The van der Waals surface area contributed by atoms with E-state index in [-0.39, 0.29) is 18.0 Å². The summed E-state index contributed by atoms with van der Waals surface area (Å²) in [5, 5.41) is 20.4. The van der Waals surface area contributed by atoms with E-state index >= 15 is 0 Å². The van der Waals surface area contributed by atoms with Gasteiger partial charge in [0.15, 0.2) is 0 Å². The van der Waals surface area contributed by atoms with E-state index in [4.69, 9.17) is 9.47 Å². The van der Waals surface area contributed by atoms with E-state index in [1.165, 1.54) is 5.56 Å². The molecule has 0 radical (unpaired) electrons. The van der Waals surface area contributed by atoms with Crippen molar-refractivity contribution in [3.05, 3.63) is 143 Å². The molecule has 0 spiro atoms. The smallest absolute Gasteiger partial charge is 0.310 e. The molecule has 8 heteroatoms. The van der Waals surface area contributed by atoms with Gasteiger partial charge in [-0.25, -0.2) is 0 Å². The van der Waals surface area contributed by atoms with E-state index in [0.29, 0.717) is 6.61 Å². The van der Waals surface area contributed by atoms with Crippen molar-refractivity contribution in [2.75, 3.05) is 6.61 Å². The number of ether oxygens (including phenoxy) is 2. The summed E-state index contributed by atoms with van der Waals surface area (Å²) < 4.78 is 11.4.